The van der Waals surface area contributed by atoms with Crippen LogP contribution in [0.1, 0.15) is 26.2 Å². The third-order valence-corrected chi connectivity index (χ3v) is 4.32. The fraction of sp³-hybridized carbons (Fsp3) is 0.714. The van der Waals surface area contributed by atoms with E-state index in [1.54, 1.807) is 12.0 Å². The molecule has 0 radical (unpaired) electrons. The van der Waals surface area contributed by atoms with Gasteiger partial charge in [0.1, 0.15) is 0 Å². The summed E-state index contributed by atoms with van der Waals surface area (Å²) >= 11 is 0. The van der Waals surface area contributed by atoms with Crippen LogP contribution in [0, 0.1) is 5.92 Å². The number of amides is 2. The van der Waals surface area contributed by atoms with Crippen molar-refractivity contribution in [3.05, 3.63) is 12.7 Å². The summed E-state index contributed by atoms with van der Waals surface area (Å²) in [5.74, 6) is 0.0556. The molecule has 19 heavy (non-hydrogen) atoms. The number of nitrogens with one attached hydrogen (secondary N) is 1. The molecule has 0 spiro atoms. The van der Waals surface area contributed by atoms with Gasteiger partial charge < -0.3 is 15.0 Å². The first-order chi connectivity index (χ1) is 9.00. The van der Waals surface area contributed by atoms with Crippen molar-refractivity contribution in [3.8, 4) is 0 Å². The molecule has 106 valence electrons. The maximum Gasteiger partial charge on any atom is 0.245 e. The lowest BCUT2D eigenvalue weighted by atomic mass is 9.96. The average Bonchev–Trinajstić information content (AvgIpc) is 3.09. The van der Waals surface area contributed by atoms with Crippen LogP contribution in [0.2, 0.25) is 0 Å². The van der Waals surface area contributed by atoms with Crippen LogP contribution < -0.4 is 5.32 Å². The molecule has 0 aromatic carbocycles. The number of methoxy groups -OCH3 is 1. The molecule has 0 aromatic heterocycles. The van der Waals surface area contributed by atoms with Gasteiger partial charge in [0.05, 0.1) is 11.6 Å². The predicted molar refractivity (Wildman–Crippen MR) is 71.5 cm³/mol. The molecule has 2 atom stereocenters. The molecule has 2 amide bonds. The summed E-state index contributed by atoms with van der Waals surface area (Å²) in [4.78, 5) is 25.3. The number of carbonyl (C=O) groups is 2. The Bertz CT molecular complexity index is 388. The van der Waals surface area contributed by atoms with E-state index in [0.717, 1.165) is 19.3 Å². The van der Waals surface area contributed by atoms with Crippen LogP contribution in [0.15, 0.2) is 12.7 Å². The Balaban J connectivity index is 1.77. The minimum Gasteiger partial charge on any atom is -0.376 e. The number of rotatable bonds is 4. The summed E-state index contributed by atoms with van der Waals surface area (Å²) in [5, 5.41) is 3.04. The second-order valence-electron chi connectivity index (χ2n) is 5.59. The number of nitrogens with zero attached hydrogens (tertiary/aromatic N) is 1. The zero-order valence-corrected chi connectivity index (χ0v) is 11.6. The second kappa shape index (κ2) is 5.33. The number of carbonyl (C=O) groups excluding carboxylic acids is 2. The van der Waals surface area contributed by atoms with Gasteiger partial charge in [0.25, 0.3) is 0 Å². The van der Waals surface area contributed by atoms with Gasteiger partial charge >= 0.3 is 0 Å². The highest BCUT2D eigenvalue weighted by Gasteiger charge is 2.52. The minimum atomic E-state index is -0.185. The first-order valence-corrected chi connectivity index (χ1v) is 6.77. The lowest BCUT2D eigenvalue weighted by Gasteiger charge is -2.30. The molecule has 2 rings (SSSR count). The lowest BCUT2D eigenvalue weighted by Crippen LogP contribution is -2.43. The van der Waals surface area contributed by atoms with E-state index in [1.165, 1.54) is 6.08 Å². The monoisotopic (exact) mass is 266 g/mol. The fourth-order valence-corrected chi connectivity index (χ4v) is 2.56. The van der Waals surface area contributed by atoms with Crippen LogP contribution in [0.4, 0.5) is 0 Å². The van der Waals surface area contributed by atoms with Gasteiger partial charge in [-0.1, -0.05) is 6.58 Å². The highest BCUT2D eigenvalue weighted by Crippen LogP contribution is 2.39. The van der Waals surface area contributed by atoms with Gasteiger partial charge in [-0.15, -0.1) is 0 Å². The van der Waals surface area contributed by atoms with E-state index in [1.807, 2.05) is 6.92 Å². The standard InChI is InChI=1S/C14H22N2O3/c1-4-12(17)16-7-5-10(6-8-16)13(18)15-11-9-14(11,2)19-3/h4,10-11H,1,5-9H2,2-3H3,(H,15,18)/t11-,14+/m1/s1. The molecule has 0 aromatic rings. The van der Waals surface area contributed by atoms with Crippen LogP contribution in [-0.4, -0.2) is 48.6 Å². The first-order valence-electron chi connectivity index (χ1n) is 6.77. The van der Waals surface area contributed by atoms with Crippen molar-refractivity contribution in [2.45, 2.75) is 37.8 Å². The normalized spacial score (nSPS) is 30.8. The van der Waals surface area contributed by atoms with Crippen LogP contribution in [-0.2, 0) is 14.3 Å². The van der Waals surface area contributed by atoms with Gasteiger partial charge in [0, 0.05) is 32.5 Å². The zero-order valence-electron chi connectivity index (χ0n) is 11.6. The van der Waals surface area contributed by atoms with E-state index in [9.17, 15) is 9.59 Å². The first kappa shape index (κ1) is 14.1. The Morgan fingerprint density at radius 2 is 2.05 bits per heavy atom. The second-order valence-corrected chi connectivity index (χ2v) is 5.59. The maximum atomic E-state index is 12.1. The summed E-state index contributed by atoms with van der Waals surface area (Å²) in [7, 11) is 1.67. The Labute approximate surface area is 114 Å². The van der Waals surface area contributed by atoms with Gasteiger partial charge in [-0.25, -0.2) is 0 Å². The fourth-order valence-electron chi connectivity index (χ4n) is 2.56. The number of hydrogen-bond donors (Lipinski definition) is 1. The van der Waals surface area contributed by atoms with Gasteiger partial charge in [-0.3, -0.25) is 9.59 Å². The van der Waals surface area contributed by atoms with Gasteiger partial charge in [-0.2, -0.15) is 0 Å². The van der Waals surface area contributed by atoms with E-state index >= 15 is 0 Å². The van der Waals surface area contributed by atoms with E-state index in [-0.39, 0.29) is 29.4 Å². The molecule has 1 heterocycles. The number of piperidine rings is 1. The SMILES string of the molecule is C=CC(=O)N1CCC(C(=O)N[C@@H]2C[C@]2(C)OC)CC1. The molecule has 0 bridgehead atoms. The van der Waals surface area contributed by atoms with Crippen molar-refractivity contribution in [1.82, 2.24) is 10.2 Å². The zero-order chi connectivity index (χ0) is 14.0. The molecule has 2 fully saturated rings. The number of hydrogen-bond acceptors (Lipinski definition) is 3. The van der Waals surface area contributed by atoms with Crippen LogP contribution in [0.3, 0.4) is 0 Å². The molecule has 1 aliphatic heterocycles. The van der Waals surface area contributed by atoms with Gasteiger partial charge in [-0.05, 0) is 25.8 Å². The molecule has 5 heteroatoms. The van der Waals surface area contributed by atoms with E-state index in [0.29, 0.717) is 13.1 Å². The minimum absolute atomic E-state index is 0.00979. The molecular formula is C14H22N2O3. The van der Waals surface area contributed by atoms with Crippen molar-refractivity contribution in [3.63, 3.8) is 0 Å². The van der Waals surface area contributed by atoms with Crippen LogP contribution >= 0.6 is 0 Å². The highest BCUT2D eigenvalue weighted by molar-refractivity contribution is 5.87. The third-order valence-electron chi connectivity index (χ3n) is 4.32. The Kier molecular flexibility index (Phi) is 3.94. The van der Waals surface area contributed by atoms with Crippen molar-refractivity contribution in [2.75, 3.05) is 20.2 Å². The summed E-state index contributed by atoms with van der Waals surface area (Å²) in [6, 6.07) is 0.137. The summed E-state index contributed by atoms with van der Waals surface area (Å²) in [5.41, 5.74) is -0.185. The Hall–Kier alpha value is -1.36. The number of likely N-dealkylation sites (tertiary alicyclic amines) is 1. The Morgan fingerprint density at radius 1 is 1.42 bits per heavy atom. The summed E-state index contributed by atoms with van der Waals surface area (Å²) in [6.45, 7) is 6.75. The molecule has 2 aliphatic rings. The third kappa shape index (κ3) is 2.97. The maximum absolute atomic E-state index is 12.1. The van der Waals surface area contributed by atoms with Crippen molar-refractivity contribution in [1.29, 1.82) is 0 Å². The van der Waals surface area contributed by atoms with Crippen LogP contribution in [0.25, 0.3) is 0 Å². The highest BCUT2D eigenvalue weighted by atomic mass is 16.5. The van der Waals surface area contributed by atoms with Gasteiger partial charge in [0.2, 0.25) is 11.8 Å². The summed E-state index contributed by atoms with van der Waals surface area (Å²) in [6.07, 6.45) is 3.65. The van der Waals surface area contributed by atoms with E-state index in [2.05, 4.69) is 11.9 Å². The predicted octanol–water partition coefficient (Wildman–Crippen LogP) is 0.705. The molecular weight excluding hydrogens is 244 g/mol. The van der Waals surface area contributed by atoms with Crippen LogP contribution in [0.5, 0.6) is 0 Å². The topological polar surface area (TPSA) is 58.6 Å². The largest absolute Gasteiger partial charge is 0.376 e. The Morgan fingerprint density at radius 3 is 2.53 bits per heavy atom. The molecule has 1 saturated heterocycles. The van der Waals surface area contributed by atoms with E-state index < -0.39 is 0 Å². The van der Waals surface area contributed by atoms with Crippen molar-refractivity contribution in [2.24, 2.45) is 5.92 Å². The lowest BCUT2D eigenvalue weighted by molar-refractivity contribution is -0.132. The average molecular weight is 266 g/mol. The number of ether oxygens (including phenoxy) is 1. The smallest absolute Gasteiger partial charge is 0.245 e. The molecule has 1 saturated carbocycles. The molecule has 5 nitrogen and oxygen atoms in total. The molecule has 1 aliphatic carbocycles. The van der Waals surface area contributed by atoms with Gasteiger partial charge in [0.15, 0.2) is 0 Å². The summed E-state index contributed by atoms with van der Waals surface area (Å²) < 4.78 is 5.33. The van der Waals surface area contributed by atoms with Crippen molar-refractivity contribution < 1.29 is 14.3 Å². The van der Waals surface area contributed by atoms with Crippen molar-refractivity contribution >= 4 is 11.8 Å². The quantitative estimate of drug-likeness (QED) is 0.762. The van der Waals surface area contributed by atoms with E-state index in [4.69, 9.17) is 4.74 Å². The molecule has 0 unspecified atom stereocenters. The molecule has 1 N–H and O–H groups in total.